The van der Waals surface area contributed by atoms with E-state index in [1.54, 1.807) is 12.1 Å². The minimum atomic E-state index is -0.630. The maximum Gasteiger partial charge on any atom is 0.266 e. The number of amides is 1. The van der Waals surface area contributed by atoms with Crippen LogP contribution in [0.4, 0.5) is 5.69 Å². The van der Waals surface area contributed by atoms with Gasteiger partial charge in [-0.05, 0) is 52.2 Å². The van der Waals surface area contributed by atoms with E-state index in [1.807, 2.05) is 37.3 Å². The first-order valence-electron chi connectivity index (χ1n) is 10.7. The molecule has 0 fully saturated rings. The fourth-order valence-corrected chi connectivity index (χ4v) is 4.19. The summed E-state index contributed by atoms with van der Waals surface area (Å²) in [5.41, 5.74) is 2.90. The molecule has 0 aliphatic rings. The average molecular weight is 572 g/mol. The Labute approximate surface area is 223 Å². The van der Waals surface area contributed by atoms with Gasteiger partial charge >= 0.3 is 0 Å². The van der Waals surface area contributed by atoms with Crippen molar-refractivity contribution in [3.05, 3.63) is 80.3 Å². The Morgan fingerprint density at radius 3 is 2.42 bits per heavy atom. The van der Waals surface area contributed by atoms with Gasteiger partial charge in [0.1, 0.15) is 29.7 Å². The highest BCUT2D eigenvalue weighted by Crippen LogP contribution is 2.38. The molecule has 0 unspecified atom stereocenters. The molecule has 3 aromatic carbocycles. The number of methoxy groups -OCH3 is 3. The van der Waals surface area contributed by atoms with Crippen LogP contribution in [0.5, 0.6) is 23.0 Å². The SMILES string of the molecule is COc1cc(NC(=O)/C(C#N)=C/c2cc(Br)c(OCc3cccc(C)c3)c(OC)c2)c(OC)cc1Cl. The number of hydrogen-bond acceptors (Lipinski definition) is 6. The van der Waals surface area contributed by atoms with Crippen molar-refractivity contribution in [2.75, 3.05) is 26.6 Å². The molecule has 0 saturated carbocycles. The van der Waals surface area contributed by atoms with Crippen LogP contribution in [0.1, 0.15) is 16.7 Å². The molecule has 0 atom stereocenters. The van der Waals surface area contributed by atoms with E-state index in [9.17, 15) is 10.1 Å². The Hall–Kier alpha value is -3.67. The van der Waals surface area contributed by atoms with Gasteiger partial charge in [0.15, 0.2) is 11.5 Å². The number of aryl methyl sites for hydroxylation is 1. The third-order valence-electron chi connectivity index (χ3n) is 5.12. The molecule has 3 rings (SSSR count). The van der Waals surface area contributed by atoms with Crippen LogP contribution in [-0.2, 0) is 11.4 Å². The number of carbonyl (C=O) groups excluding carboxylic acids is 1. The van der Waals surface area contributed by atoms with Gasteiger partial charge in [-0.2, -0.15) is 5.26 Å². The molecule has 0 aliphatic heterocycles. The quantitative estimate of drug-likeness (QED) is 0.231. The second-order valence-corrected chi connectivity index (χ2v) is 8.88. The Morgan fingerprint density at radius 2 is 1.78 bits per heavy atom. The summed E-state index contributed by atoms with van der Waals surface area (Å²) in [6.45, 7) is 2.37. The number of ether oxygens (including phenoxy) is 4. The van der Waals surface area contributed by atoms with Crippen molar-refractivity contribution in [2.24, 2.45) is 0 Å². The first kappa shape index (κ1) is 26.9. The van der Waals surface area contributed by atoms with Crippen LogP contribution < -0.4 is 24.3 Å². The largest absolute Gasteiger partial charge is 0.495 e. The number of benzene rings is 3. The second kappa shape index (κ2) is 12.3. The third kappa shape index (κ3) is 6.51. The average Bonchev–Trinajstić information content (AvgIpc) is 2.86. The highest BCUT2D eigenvalue weighted by atomic mass is 79.9. The summed E-state index contributed by atoms with van der Waals surface area (Å²) in [6.07, 6.45) is 1.45. The number of halogens is 2. The normalized spacial score (nSPS) is 10.9. The van der Waals surface area contributed by atoms with Gasteiger partial charge in [-0.3, -0.25) is 4.79 Å². The first-order valence-corrected chi connectivity index (χ1v) is 11.9. The molecule has 0 saturated heterocycles. The summed E-state index contributed by atoms with van der Waals surface area (Å²) >= 11 is 9.64. The van der Waals surface area contributed by atoms with Crippen molar-refractivity contribution in [3.8, 4) is 29.1 Å². The van der Waals surface area contributed by atoms with Crippen molar-refractivity contribution >= 4 is 45.2 Å². The maximum absolute atomic E-state index is 12.9. The van der Waals surface area contributed by atoms with Gasteiger partial charge in [0.2, 0.25) is 0 Å². The Kier molecular flexibility index (Phi) is 9.23. The molecule has 1 N–H and O–H groups in total. The molecular weight excluding hydrogens is 548 g/mol. The molecule has 0 radical (unpaired) electrons. The van der Waals surface area contributed by atoms with Crippen LogP contribution in [0.2, 0.25) is 5.02 Å². The number of rotatable bonds is 9. The molecule has 186 valence electrons. The fourth-order valence-electron chi connectivity index (χ4n) is 3.38. The monoisotopic (exact) mass is 570 g/mol. The molecule has 0 aliphatic carbocycles. The third-order valence-corrected chi connectivity index (χ3v) is 6.00. The maximum atomic E-state index is 12.9. The number of nitrogens with one attached hydrogen (secondary N) is 1. The molecule has 1 amide bonds. The number of carbonyl (C=O) groups is 1. The molecule has 0 aromatic heterocycles. The minimum Gasteiger partial charge on any atom is -0.495 e. The van der Waals surface area contributed by atoms with E-state index in [4.69, 9.17) is 30.5 Å². The molecule has 3 aromatic rings. The molecular formula is C27H24BrClN2O5. The zero-order valence-corrected chi connectivity index (χ0v) is 22.5. The van der Waals surface area contributed by atoms with Gasteiger partial charge in [-0.1, -0.05) is 41.4 Å². The van der Waals surface area contributed by atoms with Gasteiger partial charge < -0.3 is 24.3 Å². The lowest BCUT2D eigenvalue weighted by atomic mass is 10.1. The van der Waals surface area contributed by atoms with E-state index in [-0.39, 0.29) is 5.57 Å². The standard InChI is InChI=1S/C27H24BrClN2O5/c1-16-6-5-7-17(8-16)15-36-26-20(28)10-18(11-25(26)35-4)9-19(14-30)27(32)31-22-13-23(33-2)21(29)12-24(22)34-3/h5-13H,15H2,1-4H3,(H,31,32)/b19-9+. The number of anilines is 1. The molecule has 0 heterocycles. The number of hydrogen-bond donors (Lipinski definition) is 1. The van der Waals surface area contributed by atoms with Crippen LogP contribution in [0, 0.1) is 18.3 Å². The highest BCUT2D eigenvalue weighted by Gasteiger charge is 2.17. The van der Waals surface area contributed by atoms with Gasteiger partial charge in [-0.15, -0.1) is 0 Å². The lowest BCUT2D eigenvalue weighted by Crippen LogP contribution is -2.14. The fraction of sp³-hybridized carbons (Fsp3) is 0.185. The van der Waals surface area contributed by atoms with Crippen molar-refractivity contribution in [3.63, 3.8) is 0 Å². The number of nitrogens with zero attached hydrogens (tertiary/aromatic N) is 1. The van der Waals surface area contributed by atoms with E-state index < -0.39 is 5.91 Å². The minimum absolute atomic E-state index is 0.131. The van der Waals surface area contributed by atoms with Crippen molar-refractivity contribution in [2.45, 2.75) is 13.5 Å². The first-order chi connectivity index (χ1) is 17.3. The van der Waals surface area contributed by atoms with Crippen LogP contribution in [0.15, 0.2) is 58.6 Å². The Balaban J connectivity index is 1.86. The summed E-state index contributed by atoms with van der Waals surface area (Å²) < 4.78 is 22.6. The van der Waals surface area contributed by atoms with Crippen LogP contribution in [-0.4, -0.2) is 27.2 Å². The van der Waals surface area contributed by atoms with Crippen LogP contribution in [0.25, 0.3) is 6.08 Å². The van der Waals surface area contributed by atoms with Gasteiger partial charge in [-0.25, -0.2) is 0 Å². The topological polar surface area (TPSA) is 89.8 Å². The lowest BCUT2D eigenvalue weighted by molar-refractivity contribution is -0.112. The zero-order chi connectivity index (χ0) is 26.2. The molecule has 36 heavy (non-hydrogen) atoms. The summed E-state index contributed by atoms with van der Waals surface area (Å²) in [4.78, 5) is 12.9. The summed E-state index contributed by atoms with van der Waals surface area (Å²) in [7, 11) is 4.42. The van der Waals surface area contributed by atoms with Crippen molar-refractivity contribution in [1.82, 2.24) is 0 Å². The summed E-state index contributed by atoms with van der Waals surface area (Å²) in [6, 6.07) is 16.4. The Bertz CT molecular complexity index is 1350. The second-order valence-electron chi connectivity index (χ2n) is 7.62. The predicted molar refractivity (Wildman–Crippen MR) is 143 cm³/mol. The van der Waals surface area contributed by atoms with Gasteiger partial charge in [0.05, 0.1) is 36.5 Å². The van der Waals surface area contributed by atoms with E-state index in [2.05, 4.69) is 21.2 Å². The van der Waals surface area contributed by atoms with Crippen LogP contribution in [0.3, 0.4) is 0 Å². The lowest BCUT2D eigenvalue weighted by Gasteiger charge is -2.14. The van der Waals surface area contributed by atoms with Gasteiger partial charge in [0.25, 0.3) is 5.91 Å². The van der Waals surface area contributed by atoms with E-state index in [1.165, 1.54) is 39.5 Å². The van der Waals surface area contributed by atoms with Crippen LogP contribution >= 0.6 is 27.5 Å². The zero-order valence-electron chi connectivity index (χ0n) is 20.1. The molecule has 9 heteroatoms. The summed E-state index contributed by atoms with van der Waals surface area (Å²) in [5.74, 6) is 1.01. The summed E-state index contributed by atoms with van der Waals surface area (Å²) in [5, 5.41) is 12.7. The molecule has 0 spiro atoms. The molecule has 7 nitrogen and oxygen atoms in total. The van der Waals surface area contributed by atoms with E-state index in [0.29, 0.717) is 50.4 Å². The smallest absolute Gasteiger partial charge is 0.266 e. The van der Waals surface area contributed by atoms with Crippen molar-refractivity contribution in [1.29, 1.82) is 5.26 Å². The van der Waals surface area contributed by atoms with Crippen molar-refractivity contribution < 1.29 is 23.7 Å². The predicted octanol–water partition coefficient (Wildman–Crippen LogP) is 6.56. The molecule has 0 bridgehead atoms. The van der Waals surface area contributed by atoms with E-state index >= 15 is 0 Å². The van der Waals surface area contributed by atoms with Gasteiger partial charge in [0, 0.05) is 12.1 Å². The van der Waals surface area contributed by atoms with E-state index in [0.717, 1.165) is 11.1 Å². The highest BCUT2D eigenvalue weighted by molar-refractivity contribution is 9.10. The Morgan fingerprint density at radius 1 is 1.06 bits per heavy atom. The number of nitriles is 1.